The van der Waals surface area contributed by atoms with Gasteiger partial charge in [0.1, 0.15) is 17.7 Å². The fourth-order valence-electron chi connectivity index (χ4n) is 3.85. The Morgan fingerprint density at radius 3 is 2.68 bits per heavy atom. The van der Waals surface area contributed by atoms with Crippen LogP contribution in [-0.2, 0) is 4.79 Å². The van der Waals surface area contributed by atoms with Crippen LogP contribution in [0, 0.1) is 5.41 Å². The number of nitrogens with one attached hydrogen (secondary N) is 2. The van der Waals surface area contributed by atoms with Gasteiger partial charge in [0.15, 0.2) is 0 Å². The van der Waals surface area contributed by atoms with Crippen LogP contribution in [0.5, 0.6) is 5.75 Å². The van der Waals surface area contributed by atoms with Crippen molar-refractivity contribution < 1.29 is 9.53 Å². The molecule has 0 aliphatic carbocycles. The molecule has 34 heavy (non-hydrogen) atoms. The topological polar surface area (TPSA) is 81.0 Å². The lowest BCUT2D eigenvalue weighted by Crippen LogP contribution is -2.34. The minimum atomic E-state index is -0.227. The van der Waals surface area contributed by atoms with E-state index < -0.39 is 0 Å². The maximum absolute atomic E-state index is 13.4. The molecule has 0 spiro atoms. The van der Waals surface area contributed by atoms with E-state index in [9.17, 15) is 4.79 Å². The van der Waals surface area contributed by atoms with Gasteiger partial charge >= 0.3 is 0 Å². The molecule has 1 atom stereocenters. The number of aliphatic imine (C=N–C) groups is 1. The van der Waals surface area contributed by atoms with Crippen LogP contribution >= 0.6 is 0 Å². The van der Waals surface area contributed by atoms with Crippen molar-refractivity contribution in [2.45, 2.75) is 32.3 Å². The summed E-state index contributed by atoms with van der Waals surface area (Å²) < 4.78 is 6.39. The molecule has 0 saturated heterocycles. The number of carbonyl (C=O) groups excluding carboxylic acids is 1. The van der Waals surface area contributed by atoms with Crippen molar-refractivity contribution in [3.63, 3.8) is 0 Å². The lowest BCUT2D eigenvalue weighted by molar-refractivity contribution is -0.114. The Kier molecular flexibility index (Phi) is 9.40. The van der Waals surface area contributed by atoms with Crippen LogP contribution in [0.2, 0.25) is 0 Å². The van der Waals surface area contributed by atoms with Gasteiger partial charge in [-0.2, -0.15) is 0 Å². The van der Waals surface area contributed by atoms with E-state index in [1.54, 1.807) is 4.90 Å². The van der Waals surface area contributed by atoms with E-state index in [1.165, 1.54) is 0 Å². The smallest absolute Gasteiger partial charge is 0.263 e. The van der Waals surface area contributed by atoms with Crippen molar-refractivity contribution in [1.82, 2.24) is 10.2 Å². The average Bonchev–Trinajstić information content (AvgIpc) is 2.98. The molecule has 7 heteroatoms. The quantitative estimate of drug-likeness (QED) is 0.485. The lowest BCUT2D eigenvalue weighted by Gasteiger charge is -2.24. The lowest BCUT2D eigenvalue weighted by atomic mass is 10.1. The third kappa shape index (κ3) is 6.32. The third-order valence-corrected chi connectivity index (χ3v) is 5.75. The predicted molar refractivity (Wildman–Crippen MR) is 139 cm³/mol. The number of benzene rings is 2. The van der Waals surface area contributed by atoms with Gasteiger partial charge in [-0.3, -0.25) is 4.79 Å². The number of rotatable bonds is 11. The van der Waals surface area contributed by atoms with Crippen molar-refractivity contribution in [3.05, 3.63) is 71.6 Å². The molecule has 0 radical (unpaired) electrons. The molecule has 7 nitrogen and oxygen atoms in total. The first-order valence-electron chi connectivity index (χ1n) is 11.9. The van der Waals surface area contributed by atoms with Gasteiger partial charge in [-0.05, 0) is 37.7 Å². The molecule has 2 N–H and O–H groups in total. The van der Waals surface area contributed by atoms with Crippen LogP contribution in [0.1, 0.15) is 37.9 Å². The van der Waals surface area contributed by atoms with Gasteiger partial charge in [-0.15, -0.1) is 0 Å². The maximum Gasteiger partial charge on any atom is 0.263 e. The van der Waals surface area contributed by atoms with Gasteiger partial charge in [0.25, 0.3) is 5.91 Å². The van der Waals surface area contributed by atoms with Crippen molar-refractivity contribution in [2.75, 3.05) is 38.6 Å². The zero-order valence-corrected chi connectivity index (χ0v) is 20.3. The van der Waals surface area contributed by atoms with Crippen LogP contribution in [0.25, 0.3) is 0 Å². The number of anilines is 1. The SMILES string of the molecule is CCCC=NC1=C(C=N)C(=O)N(c2cccc(OC(CCNC)c3ccccc3)c2)CCN1C. The molecule has 0 bridgehead atoms. The number of carbonyl (C=O) groups is 1. The molecular weight excluding hydrogens is 426 g/mol. The van der Waals surface area contributed by atoms with Crippen molar-refractivity contribution >= 4 is 24.0 Å². The summed E-state index contributed by atoms with van der Waals surface area (Å²) in [5.74, 6) is 1.02. The molecule has 0 fully saturated rings. The highest BCUT2D eigenvalue weighted by Gasteiger charge is 2.27. The van der Waals surface area contributed by atoms with Crippen LogP contribution in [0.15, 0.2) is 71.0 Å². The van der Waals surface area contributed by atoms with Crippen LogP contribution in [0.3, 0.4) is 0 Å². The van der Waals surface area contributed by atoms with Gasteiger partial charge in [0.2, 0.25) is 0 Å². The molecule has 1 unspecified atom stereocenters. The predicted octanol–water partition coefficient (Wildman–Crippen LogP) is 4.43. The van der Waals surface area contributed by atoms with Gasteiger partial charge in [0, 0.05) is 50.7 Å². The van der Waals surface area contributed by atoms with E-state index in [-0.39, 0.29) is 17.6 Å². The molecule has 2 aromatic carbocycles. The third-order valence-electron chi connectivity index (χ3n) is 5.75. The number of hydrogen-bond acceptors (Lipinski definition) is 6. The van der Waals surface area contributed by atoms with E-state index in [0.29, 0.717) is 24.7 Å². The van der Waals surface area contributed by atoms with Crippen LogP contribution in [0.4, 0.5) is 5.69 Å². The highest BCUT2D eigenvalue weighted by molar-refractivity contribution is 6.19. The molecular formula is C27H35N5O2. The molecule has 0 saturated carbocycles. The molecule has 180 valence electrons. The molecule has 2 aromatic rings. The van der Waals surface area contributed by atoms with Gasteiger partial charge < -0.3 is 25.3 Å². The van der Waals surface area contributed by atoms with E-state index >= 15 is 0 Å². The first-order chi connectivity index (χ1) is 16.6. The van der Waals surface area contributed by atoms with Gasteiger partial charge in [0.05, 0.1) is 5.57 Å². The van der Waals surface area contributed by atoms with Crippen LogP contribution < -0.4 is 15.0 Å². The molecule has 1 aliphatic heterocycles. The Balaban J connectivity index is 1.88. The summed E-state index contributed by atoms with van der Waals surface area (Å²) in [6.07, 6.45) is 5.45. The monoisotopic (exact) mass is 461 g/mol. The standard InChI is InChI=1S/C27H35N5O2/c1-4-5-15-30-26-24(20-28)27(33)32(18-17-31(26)3)22-12-9-13-23(19-22)34-25(14-16-29-2)21-10-7-6-8-11-21/h6-13,15,19-20,25,28-29H,4-5,14,16-18H2,1-3H3. The summed E-state index contributed by atoms with van der Waals surface area (Å²) in [5, 5.41) is 11.1. The number of amides is 1. The minimum absolute atomic E-state index is 0.105. The van der Waals surface area contributed by atoms with Gasteiger partial charge in [-0.25, -0.2) is 4.99 Å². The van der Waals surface area contributed by atoms with Gasteiger partial charge in [-0.1, -0.05) is 49.7 Å². The Labute approximate surface area is 202 Å². The van der Waals surface area contributed by atoms with Crippen molar-refractivity contribution in [1.29, 1.82) is 5.41 Å². The summed E-state index contributed by atoms with van der Waals surface area (Å²) in [6.45, 7) is 4.01. The Morgan fingerprint density at radius 1 is 1.18 bits per heavy atom. The Bertz CT molecular complexity index is 1020. The fraction of sp³-hybridized carbons (Fsp3) is 0.370. The highest BCUT2D eigenvalue weighted by atomic mass is 16.5. The Hall–Kier alpha value is -3.45. The zero-order chi connectivity index (χ0) is 24.3. The second-order valence-electron chi connectivity index (χ2n) is 8.27. The molecule has 0 aromatic heterocycles. The fourth-order valence-corrected chi connectivity index (χ4v) is 3.85. The van der Waals surface area contributed by atoms with Crippen molar-refractivity contribution in [3.8, 4) is 5.75 Å². The zero-order valence-electron chi connectivity index (χ0n) is 20.3. The summed E-state index contributed by atoms with van der Waals surface area (Å²) >= 11 is 0. The summed E-state index contributed by atoms with van der Waals surface area (Å²) in [5.41, 5.74) is 2.14. The first kappa shape index (κ1) is 25.2. The average molecular weight is 462 g/mol. The number of hydrogen-bond donors (Lipinski definition) is 2. The molecule has 1 heterocycles. The first-order valence-corrected chi connectivity index (χ1v) is 11.9. The highest BCUT2D eigenvalue weighted by Crippen LogP contribution is 2.29. The summed E-state index contributed by atoms with van der Waals surface area (Å²) in [6, 6.07) is 17.8. The number of likely N-dealkylation sites (N-methyl/N-ethyl adjacent to an activating group) is 1. The number of ether oxygens (including phenoxy) is 1. The summed E-state index contributed by atoms with van der Waals surface area (Å²) in [7, 11) is 3.84. The van der Waals surface area contributed by atoms with E-state index in [4.69, 9.17) is 10.1 Å². The van der Waals surface area contributed by atoms with E-state index in [0.717, 1.165) is 43.3 Å². The van der Waals surface area contributed by atoms with Crippen LogP contribution in [-0.4, -0.2) is 57.0 Å². The number of nitrogens with zero attached hydrogens (tertiary/aromatic N) is 3. The molecule has 1 aliphatic rings. The number of unbranched alkanes of at least 4 members (excludes halogenated alkanes) is 1. The minimum Gasteiger partial charge on any atom is -0.486 e. The van der Waals surface area contributed by atoms with Crippen molar-refractivity contribution in [2.24, 2.45) is 4.99 Å². The molecule has 3 rings (SSSR count). The largest absolute Gasteiger partial charge is 0.486 e. The second kappa shape index (κ2) is 12.7. The normalized spacial score (nSPS) is 15.6. The maximum atomic E-state index is 13.4. The summed E-state index contributed by atoms with van der Waals surface area (Å²) in [4.78, 5) is 21.6. The second-order valence-corrected chi connectivity index (χ2v) is 8.27. The Morgan fingerprint density at radius 2 is 1.97 bits per heavy atom. The van der Waals surface area contributed by atoms with E-state index in [2.05, 4.69) is 29.4 Å². The van der Waals surface area contributed by atoms with E-state index in [1.807, 2.05) is 67.7 Å². The molecule has 1 amide bonds.